The van der Waals surface area contributed by atoms with Crippen molar-refractivity contribution in [1.29, 1.82) is 0 Å². The number of nitro groups is 1. The molecule has 1 unspecified atom stereocenters. The predicted molar refractivity (Wildman–Crippen MR) is 125 cm³/mol. The van der Waals surface area contributed by atoms with Gasteiger partial charge in [-0.3, -0.25) is 29.4 Å². The van der Waals surface area contributed by atoms with Crippen molar-refractivity contribution in [3.63, 3.8) is 0 Å². The molecular weight excluding hydrogens is 444 g/mol. The van der Waals surface area contributed by atoms with Crippen LogP contribution in [0.15, 0.2) is 24.3 Å². The Kier molecular flexibility index (Phi) is 10.3. The Morgan fingerprint density at radius 1 is 0.941 bits per heavy atom. The maximum absolute atomic E-state index is 12.3. The largest absolute Gasteiger partial charge is 0.370 e. The van der Waals surface area contributed by atoms with Crippen LogP contribution in [0.3, 0.4) is 0 Å². The molecule has 188 valence electrons. The minimum absolute atomic E-state index is 0.0541. The molecule has 1 aromatic carbocycles. The van der Waals surface area contributed by atoms with E-state index in [0.29, 0.717) is 39.1 Å². The van der Waals surface area contributed by atoms with Gasteiger partial charge < -0.3 is 33.2 Å². The molecule has 9 N–H and O–H groups in total. The highest BCUT2D eigenvalue weighted by molar-refractivity contribution is 5.81. The van der Waals surface area contributed by atoms with Crippen LogP contribution in [0, 0.1) is 10.1 Å². The number of hydrogen-bond acceptors (Lipinski definition) is 9. The van der Waals surface area contributed by atoms with E-state index in [2.05, 4.69) is 16.0 Å². The van der Waals surface area contributed by atoms with Gasteiger partial charge in [0.1, 0.15) is 0 Å². The lowest BCUT2D eigenvalue weighted by atomic mass is 9.77. The van der Waals surface area contributed by atoms with E-state index in [1.165, 1.54) is 12.1 Å². The van der Waals surface area contributed by atoms with Gasteiger partial charge in [0.05, 0.1) is 17.0 Å². The molecular formula is C21H34N8O5. The first-order valence-corrected chi connectivity index (χ1v) is 11.1. The summed E-state index contributed by atoms with van der Waals surface area (Å²) in [5, 5.41) is 21.0. The van der Waals surface area contributed by atoms with Gasteiger partial charge in [0, 0.05) is 70.3 Å². The van der Waals surface area contributed by atoms with Crippen molar-refractivity contribution >= 4 is 23.4 Å². The number of nitro benzene ring substituents is 1. The second kappa shape index (κ2) is 12.9. The molecule has 1 aromatic rings. The minimum atomic E-state index is -1.25. The molecule has 0 radical (unpaired) electrons. The van der Waals surface area contributed by atoms with Crippen molar-refractivity contribution in [2.75, 3.05) is 45.8 Å². The molecule has 3 amide bonds. The van der Waals surface area contributed by atoms with Gasteiger partial charge in [-0.2, -0.15) is 0 Å². The molecule has 13 nitrogen and oxygen atoms in total. The van der Waals surface area contributed by atoms with Crippen molar-refractivity contribution in [2.24, 2.45) is 17.2 Å². The molecule has 0 aromatic heterocycles. The monoisotopic (exact) mass is 478 g/mol. The number of primary amides is 3. The number of benzene rings is 1. The molecule has 0 saturated carbocycles. The minimum Gasteiger partial charge on any atom is -0.370 e. The smallest absolute Gasteiger partial charge is 0.269 e. The van der Waals surface area contributed by atoms with E-state index < -0.39 is 34.2 Å². The van der Waals surface area contributed by atoms with Gasteiger partial charge in [-0.15, -0.1) is 0 Å². The Morgan fingerprint density at radius 3 is 2.03 bits per heavy atom. The average Bonchev–Trinajstić information content (AvgIpc) is 2.74. The van der Waals surface area contributed by atoms with Gasteiger partial charge in [0.15, 0.2) is 0 Å². The summed E-state index contributed by atoms with van der Waals surface area (Å²) in [7, 11) is 0. The molecule has 2 rings (SSSR count). The highest BCUT2D eigenvalue weighted by Gasteiger charge is 2.46. The summed E-state index contributed by atoms with van der Waals surface area (Å²) < 4.78 is 0. The summed E-state index contributed by atoms with van der Waals surface area (Å²) in [4.78, 5) is 48.8. The SMILES string of the molecule is NC(=O)CN1CCNCCNCCNC(Cc2ccc([N+](=O)[O-])cc2)C1(CC(N)=O)CC(N)=O. The molecule has 1 heterocycles. The first-order valence-electron chi connectivity index (χ1n) is 11.1. The summed E-state index contributed by atoms with van der Waals surface area (Å²) in [6.07, 6.45) is -0.205. The number of nitrogens with two attached hydrogens (primary N) is 3. The Hall–Kier alpha value is -3.13. The van der Waals surface area contributed by atoms with Crippen molar-refractivity contribution in [2.45, 2.75) is 30.8 Å². The third-order valence-corrected chi connectivity index (χ3v) is 5.90. The molecule has 0 bridgehead atoms. The lowest BCUT2D eigenvalue weighted by Gasteiger charge is -2.48. The van der Waals surface area contributed by atoms with Gasteiger partial charge in [0.2, 0.25) is 17.7 Å². The summed E-state index contributed by atoms with van der Waals surface area (Å²) in [5.74, 6) is -1.95. The number of amides is 3. The van der Waals surface area contributed by atoms with Gasteiger partial charge in [-0.05, 0) is 12.0 Å². The highest BCUT2D eigenvalue weighted by Crippen LogP contribution is 2.31. The zero-order valence-corrected chi connectivity index (χ0v) is 19.1. The van der Waals surface area contributed by atoms with Crippen LogP contribution < -0.4 is 33.2 Å². The number of carbonyl (C=O) groups is 3. The number of non-ortho nitro benzene ring substituents is 1. The molecule has 0 aliphatic carbocycles. The van der Waals surface area contributed by atoms with Crippen LogP contribution in [0.1, 0.15) is 18.4 Å². The second-order valence-corrected chi connectivity index (χ2v) is 8.41. The lowest BCUT2D eigenvalue weighted by Crippen LogP contribution is -2.67. The maximum atomic E-state index is 12.3. The zero-order valence-electron chi connectivity index (χ0n) is 19.1. The van der Waals surface area contributed by atoms with Crippen molar-refractivity contribution in [1.82, 2.24) is 20.9 Å². The third-order valence-electron chi connectivity index (χ3n) is 5.90. The van der Waals surface area contributed by atoms with Crippen molar-refractivity contribution < 1.29 is 19.3 Å². The van der Waals surface area contributed by atoms with Crippen LogP contribution in [-0.2, 0) is 20.8 Å². The van der Waals surface area contributed by atoms with Crippen molar-refractivity contribution in [3.05, 3.63) is 39.9 Å². The summed E-state index contributed by atoms with van der Waals surface area (Å²) in [6, 6.07) is 5.46. The molecule has 1 fully saturated rings. The van der Waals surface area contributed by atoms with E-state index in [9.17, 15) is 24.5 Å². The molecule has 1 atom stereocenters. The molecule has 1 aliphatic heterocycles. The summed E-state index contributed by atoms with van der Waals surface area (Å²) in [5.41, 5.74) is 16.2. The fourth-order valence-corrected chi connectivity index (χ4v) is 4.42. The standard InChI is InChI=1S/C21H34N8O5/c22-18(30)12-21(13-19(23)31)17(11-15-1-3-16(4-2-15)29(33)34)27-8-7-25-5-6-26-9-10-28(21)14-20(24)32/h1-4,17,25-27H,5-14H2,(H2,22,30)(H2,23,31)(H2,24,32). The van der Waals surface area contributed by atoms with Crippen LogP contribution in [0.5, 0.6) is 0 Å². The molecule has 13 heteroatoms. The van der Waals surface area contributed by atoms with E-state index in [4.69, 9.17) is 17.2 Å². The summed E-state index contributed by atoms with van der Waals surface area (Å²) >= 11 is 0. The second-order valence-electron chi connectivity index (χ2n) is 8.41. The lowest BCUT2D eigenvalue weighted by molar-refractivity contribution is -0.384. The molecule has 34 heavy (non-hydrogen) atoms. The quantitative estimate of drug-likeness (QED) is 0.164. The van der Waals surface area contributed by atoms with E-state index in [0.717, 1.165) is 12.1 Å². The maximum Gasteiger partial charge on any atom is 0.269 e. The van der Waals surface area contributed by atoms with E-state index in [1.807, 2.05) is 0 Å². The van der Waals surface area contributed by atoms with Crippen LogP contribution in [-0.4, -0.2) is 84.9 Å². The average molecular weight is 479 g/mol. The fourth-order valence-electron chi connectivity index (χ4n) is 4.42. The number of nitrogens with one attached hydrogen (secondary N) is 3. The Labute approximate surface area is 197 Å². The fraction of sp³-hybridized carbons (Fsp3) is 0.571. The Bertz CT molecular complexity index is 847. The van der Waals surface area contributed by atoms with Gasteiger partial charge in [-0.25, -0.2) is 0 Å². The number of hydrogen-bond donors (Lipinski definition) is 6. The van der Waals surface area contributed by atoms with Crippen molar-refractivity contribution in [3.8, 4) is 0 Å². The number of carbonyl (C=O) groups excluding carboxylic acids is 3. The first kappa shape index (κ1) is 27.1. The number of nitrogens with zero attached hydrogens (tertiary/aromatic N) is 2. The van der Waals surface area contributed by atoms with Crippen LogP contribution in [0.25, 0.3) is 0 Å². The van der Waals surface area contributed by atoms with Crippen LogP contribution in [0.2, 0.25) is 0 Å². The van der Waals surface area contributed by atoms with Gasteiger partial charge >= 0.3 is 0 Å². The molecule has 0 spiro atoms. The third kappa shape index (κ3) is 8.02. The number of rotatable bonds is 9. The zero-order chi connectivity index (χ0) is 25.1. The summed E-state index contributed by atoms with van der Waals surface area (Å²) in [6.45, 7) is 3.09. The van der Waals surface area contributed by atoms with E-state index >= 15 is 0 Å². The molecule has 1 saturated heterocycles. The topological polar surface area (TPSA) is 212 Å². The van der Waals surface area contributed by atoms with Gasteiger partial charge in [-0.1, -0.05) is 12.1 Å². The van der Waals surface area contributed by atoms with E-state index in [-0.39, 0.29) is 25.1 Å². The van der Waals surface area contributed by atoms with Crippen LogP contribution >= 0.6 is 0 Å². The normalized spacial score (nSPS) is 19.9. The Morgan fingerprint density at radius 2 is 1.50 bits per heavy atom. The van der Waals surface area contributed by atoms with Crippen LogP contribution in [0.4, 0.5) is 5.69 Å². The Balaban J connectivity index is 2.56. The predicted octanol–water partition coefficient (Wildman–Crippen LogP) is -2.43. The van der Waals surface area contributed by atoms with Gasteiger partial charge in [0.25, 0.3) is 5.69 Å². The molecule has 1 aliphatic rings. The van der Waals surface area contributed by atoms with E-state index in [1.54, 1.807) is 17.0 Å². The highest BCUT2D eigenvalue weighted by atomic mass is 16.6. The first-order chi connectivity index (χ1) is 16.1.